The summed E-state index contributed by atoms with van der Waals surface area (Å²) in [5.74, 6) is 0. The Kier molecular flexibility index (Phi) is 32.2. The molecule has 0 saturated carbocycles. The topological polar surface area (TPSA) is 42.3 Å². The van der Waals surface area contributed by atoms with Crippen LogP contribution in [0.3, 0.4) is 0 Å². The van der Waals surface area contributed by atoms with Crippen LogP contribution < -0.4 is 4.40 Å². The van der Waals surface area contributed by atoms with Gasteiger partial charge in [0, 0.05) is 0 Å². The molecule has 0 aliphatic heterocycles. The van der Waals surface area contributed by atoms with Crippen molar-refractivity contribution in [2.75, 3.05) is 0 Å². The molecule has 1 aromatic carbocycles. The van der Waals surface area contributed by atoms with E-state index in [1.54, 1.807) is 0 Å². The number of hydrogen-bond donors (Lipinski definition) is 0. The van der Waals surface area contributed by atoms with E-state index in [2.05, 4.69) is 99.0 Å². The Morgan fingerprint density at radius 1 is 0.500 bits per heavy atom. The third-order valence-electron chi connectivity index (χ3n) is 6.75. The third-order valence-corrected chi connectivity index (χ3v) is 11.7. The summed E-state index contributed by atoms with van der Waals surface area (Å²) in [6.45, 7) is 26.1. The largest absolute Gasteiger partial charge is 4.00 e. The Balaban J connectivity index is -0.000000233. The van der Waals surface area contributed by atoms with Gasteiger partial charge in [-0.1, -0.05) is 122 Å². The first kappa shape index (κ1) is 49.1. The van der Waals surface area contributed by atoms with Crippen LogP contribution in [0.4, 0.5) is 26.3 Å². The van der Waals surface area contributed by atoms with E-state index in [0.29, 0.717) is 36.3 Å². The molecule has 0 aliphatic carbocycles. The summed E-state index contributed by atoms with van der Waals surface area (Å²) in [5, 5.41) is 3.32. The maximum absolute atomic E-state index is 12.1. The van der Waals surface area contributed by atoms with Crippen molar-refractivity contribution in [1.29, 1.82) is 0 Å². The Labute approximate surface area is 277 Å². The minimum Gasteiger partial charge on any atom is 4.00 e. The van der Waals surface area contributed by atoms with Crippen molar-refractivity contribution in [2.45, 2.75) is 168 Å². The van der Waals surface area contributed by atoms with E-state index in [0.717, 1.165) is 12.1 Å². The average Bonchev–Trinajstić information content (AvgIpc) is 3.40. The van der Waals surface area contributed by atoms with Crippen molar-refractivity contribution in [3.63, 3.8) is 0 Å². The molecule has 0 bridgehead atoms. The van der Waals surface area contributed by atoms with Crippen molar-refractivity contribution in [3.8, 4) is 0 Å². The SMILES string of the molecule is CCC(C)[N-]C(C)CC.CCC(C)[N-]C(C)CC.CCC(C)[N-]C(C)CC.F[C](F)(F)[GeH]([c-]1cccc1)[C](F)(F)F.[Hf+4]. The molecule has 1 aromatic rings. The van der Waals surface area contributed by atoms with Crippen LogP contribution >= 0.6 is 0 Å². The van der Waals surface area contributed by atoms with Gasteiger partial charge in [0.15, 0.2) is 0 Å². The van der Waals surface area contributed by atoms with Crippen LogP contribution in [-0.4, -0.2) is 60.6 Å². The second-order valence-electron chi connectivity index (χ2n) is 10.7. The second-order valence-corrected chi connectivity index (χ2v) is 16.7. The molecule has 0 radical (unpaired) electrons. The summed E-state index contributed by atoms with van der Waals surface area (Å²) in [6, 6.07) is 7.49. The molecule has 42 heavy (non-hydrogen) atoms. The summed E-state index contributed by atoms with van der Waals surface area (Å²) in [4.78, 5) is 0. The summed E-state index contributed by atoms with van der Waals surface area (Å²) in [6.07, 6.45) is 7.03. The van der Waals surface area contributed by atoms with Crippen LogP contribution in [0.25, 0.3) is 16.0 Å². The molecule has 0 heterocycles. The van der Waals surface area contributed by atoms with Gasteiger partial charge in [-0.3, -0.25) is 0 Å². The Morgan fingerprint density at radius 2 is 0.690 bits per heavy atom. The molecule has 1 rings (SSSR count). The van der Waals surface area contributed by atoms with Crippen molar-refractivity contribution in [2.24, 2.45) is 0 Å². The first-order valence-electron chi connectivity index (χ1n) is 15.3. The van der Waals surface area contributed by atoms with Crippen molar-refractivity contribution < 1.29 is 52.2 Å². The van der Waals surface area contributed by atoms with Crippen LogP contribution in [0.5, 0.6) is 0 Å². The molecule has 3 nitrogen and oxygen atoms in total. The predicted molar refractivity (Wildman–Crippen MR) is 170 cm³/mol. The zero-order chi connectivity index (χ0) is 32.8. The summed E-state index contributed by atoms with van der Waals surface area (Å²) < 4.78 is 72.3. The van der Waals surface area contributed by atoms with Gasteiger partial charge < -0.3 is 16.0 Å². The molecule has 0 spiro atoms. The molecular weight excluding hydrogens is 779 g/mol. The number of hydrogen-bond acceptors (Lipinski definition) is 0. The Morgan fingerprint density at radius 3 is 0.833 bits per heavy atom. The van der Waals surface area contributed by atoms with Gasteiger partial charge in [0.2, 0.25) is 0 Å². The third kappa shape index (κ3) is 27.7. The smallest absolute Gasteiger partial charge is 4.00 e. The zero-order valence-corrected chi connectivity index (χ0v) is 34.2. The molecule has 0 saturated heterocycles. The summed E-state index contributed by atoms with van der Waals surface area (Å²) in [5.41, 5.74) is 0. The predicted octanol–water partition coefficient (Wildman–Crippen LogP) is 10.9. The summed E-state index contributed by atoms with van der Waals surface area (Å²) >= 11 is -5.46. The van der Waals surface area contributed by atoms with Gasteiger partial charge in [0.1, 0.15) is 0 Å². The summed E-state index contributed by atoms with van der Waals surface area (Å²) in [7, 11) is 0. The standard InChI is InChI=1S/3C8H18N.C7H5F6Ge.Hf/c3*1-5-7(3)9-8(4)6-2;8-6(9,10)14(7(11,12)13)5-3-1-2-4-5;/h3*7-8H,5-6H2,1-4H3;1-4,14H;/q4*-1;+4. The monoisotopic (exact) mass is 841 g/mol. The zero-order valence-electron chi connectivity index (χ0n) is 28.2. The number of rotatable bonds is 13. The number of halogens is 6. The molecule has 6 atom stereocenters. The molecule has 0 aliphatic rings. The fourth-order valence-electron chi connectivity index (χ4n) is 3.08. The van der Waals surface area contributed by atoms with Crippen LogP contribution in [-0.2, 0) is 25.8 Å². The second kappa shape index (κ2) is 27.5. The molecular formula is C31H59F6GeHfN3. The van der Waals surface area contributed by atoms with Gasteiger partial charge in [-0.05, 0) is 0 Å². The molecule has 0 amide bonds. The first-order valence-corrected chi connectivity index (χ1v) is 18.9. The molecule has 11 heteroatoms. The van der Waals surface area contributed by atoms with Gasteiger partial charge in [-0.15, -0.1) is 36.3 Å². The minimum atomic E-state index is -5.46. The van der Waals surface area contributed by atoms with Crippen molar-refractivity contribution in [3.05, 3.63) is 40.2 Å². The van der Waals surface area contributed by atoms with Gasteiger partial charge in [-0.25, -0.2) is 0 Å². The van der Waals surface area contributed by atoms with Crippen molar-refractivity contribution in [1.82, 2.24) is 0 Å². The maximum atomic E-state index is 12.1. The van der Waals surface area contributed by atoms with E-state index < -0.39 is 28.8 Å². The van der Waals surface area contributed by atoms with Crippen LogP contribution in [0, 0.1) is 0 Å². The van der Waals surface area contributed by atoms with Gasteiger partial charge in [0.25, 0.3) is 0 Å². The Bertz CT molecular complexity index is 608. The number of alkyl halides is 6. The normalized spacial score (nSPS) is 15.7. The van der Waals surface area contributed by atoms with E-state index in [4.69, 9.17) is 0 Å². The van der Waals surface area contributed by atoms with E-state index in [-0.39, 0.29) is 25.8 Å². The number of nitrogens with zero attached hydrogens (tertiary/aromatic N) is 3. The fourth-order valence-corrected chi connectivity index (χ4v) is 6.72. The molecule has 0 N–H and O–H groups in total. The van der Waals surface area contributed by atoms with E-state index >= 15 is 0 Å². The molecule has 0 fully saturated rings. The quantitative estimate of drug-likeness (QED) is 0.108. The fraction of sp³-hybridized carbons (Fsp3) is 0.839. The maximum Gasteiger partial charge on any atom is 4.00 e. The Hall–Kier alpha value is 0.223. The van der Waals surface area contributed by atoms with Gasteiger partial charge >= 0.3 is 105 Å². The van der Waals surface area contributed by atoms with Gasteiger partial charge in [0.05, 0.1) is 0 Å². The average molecular weight is 839 g/mol. The van der Waals surface area contributed by atoms with Crippen molar-refractivity contribution >= 4 is 18.7 Å². The molecule has 248 valence electrons. The van der Waals surface area contributed by atoms with Crippen LogP contribution in [0.15, 0.2) is 24.3 Å². The van der Waals surface area contributed by atoms with Crippen LogP contribution in [0.1, 0.15) is 122 Å². The van der Waals surface area contributed by atoms with E-state index in [1.165, 1.54) is 50.7 Å². The van der Waals surface area contributed by atoms with E-state index in [1.807, 2.05) is 0 Å². The van der Waals surface area contributed by atoms with E-state index in [9.17, 15) is 26.3 Å². The minimum absolute atomic E-state index is 0. The first-order chi connectivity index (χ1) is 18.8. The molecule has 0 aromatic heterocycles. The van der Waals surface area contributed by atoms with Gasteiger partial charge in [-0.2, -0.15) is 0 Å². The van der Waals surface area contributed by atoms with Crippen LogP contribution in [0.2, 0.25) is 0 Å². The molecule has 6 unspecified atom stereocenters.